The second-order valence-electron chi connectivity index (χ2n) is 9.42. The van der Waals surface area contributed by atoms with Crippen LogP contribution in [0, 0.1) is 0 Å². The van der Waals surface area contributed by atoms with Gasteiger partial charge < -0.3 is 9.64 Å². The van der Waals surface area contributed by atoms with Gasteiger partial charge in [-0.25, -0.2) is 4.79 Å². The first kappa shape index (κ1) is 27.3. The van der Waals surface area contributed by atoms with Crippen molar-refractivity contribution < 1.29 is 14.3 Å². The largest absolute Gasteiger partial charge is 0.453 e. The number of benzene rings is 2. The van der Waals surface area contributed by atoms with Crippen LogP contribution in [0.4, 0.5) is 10.5 Å². The molecule has 0 saturated carbocycles. The number of nitrogens with zero attached hydrogens (tertiary/aromatic N) is 4. The van der Waals surface area contributed by atoms with Crippen LogP contribution in [0.2, 0.25) is 0 Å². The van der Waals surface area contributed by atoms with E-state index in [1.807, 2.05) is 61.3 Å². The molecule has 2 heterocycles. The standard InChI is InChI=1S/C30H37N5O3/c1-4-34(5-2)29(36)25-13-11-24(12-14-25)28(26-9-6-10-27(20-26)32-30(37)38-3)35-18-16-33(17-19-35)22-23-8-7-15-31-21-23/h6-15,20-21,28H,4-5,16-19,22H2,1-3H3,(H,32,37)/t28-/m0/s1. The van der Waals surface area contributed by atoms with Gasteiger partial charge in [0.2, 0.25) is 0 Å². The first-order chi connectivity index (χ1) is 18.5. The van der Waals surface area contributed by atoms with Gasteiger partial charge in [0.25, 0.3) is 5.91 Å². The number of hydrogen-bond donors (Lipinski definition) is 1. The highest BCUT2D eigenvalue weighted by Gasteiger charge is 2.27. The third-order valence-electron chi connectivity index (χ3n) is 7.06. The molecule has 1 aliphatic rings. The zero-order valence-corrected chi connectivity index (χ0v) is 22.5. The van der Waals surface area contributed by atoms with Gasteiger partial charge in [-0.3, -0.25) is 24.9 Å². The fraction of sp³-hybridized carbons (Fsp3) is 0.367. The van der Waals surface area contributed by atoms with Gasteiger partial charge in [-0.2, -0.15) is 0 Å². The van der Waals surface area contributed by atoms with Crippen LogP contribution < -0.4 is 5.32 Å². The van der Waals surface area contributed by atoms with Crippen LogP contribution >= 0.6 is 0 Å². The molecular weight excluding hydrogens is 478 g/mol. The lowest BCUT2D eigenvalue weighted by atomic mass is 9.94. The maximum Gasteiger partial charge on any atom is 0.411 e. The summed E-state index contributed by atoms with van der Waals surface area (Å²) in [5.74, 6) is 0.0476. The van der Waals surface area contributed by atoms with Gasteiger partial charge in [0, 0.05) is 69.5 Å². The highest BCUT2D eigenvalue weighted by atomic mass is 16.5. The highest BCUT2D eigenvalue weighted by molar-refractivity contribution is 5.94. The molecule has 1 atom stereocenters. The van der Waals surface area contributed by atoms with Crippen molar-refractivity contribution in [3.63, 3.8) is 0 Å². The van der Waals surface area contributed by atoms with Crippen molar-refractivity contribution in [3.8, 4) is 0 Å². The third-order valence-corrected chi connectivity index (χ3v) is 7.06. The molecule has 8 nitrogen and oxygen atoms in total. The van der Waals surface area contributed by atoms with Crippen molar-refractivity contribution in [1.29, 1.82) is 0 Å². The Morgan fingerprint density at radius 3 is 2.34 bits per heavy atom. The summed E-state index contributed by atoms with van der Waals surface area (Å²) in [6, 6.07) is 19.9. The lowest BCUT2D eigenvalue weighted by molar-refractivity contribution is 0.0772. The number of amides is 2. The number of hydrogen-bond acceptors (Lipinski definition) is 6. The summed E-state index contributed by atoms with van der Waals surface area (Å²) in [5, 5.41) is 2.78. The number of aromatic nitrogens is 1. The lowest BCUT2D eigenvalue weighted by Crippen LogP contribution is -2.47. The lowest BCUT2D eigenvalue weighted by Gasteiger charge is -2.40. The molecule has 3 aromatic rings. The molecule has 1 saturated heterocycles. The number of rotatable bonds is 9. The normalized spacial score (nSPS) is 15.0. The van der Waals surface area contributed by atoms with E-state index in [2.05, 4.69) is 44.4 Å². The number of anilines is 1. The smallest absolute Gasteiger partial charge is 0.411 e. The van der Waals surface area contributed by atoms with Gasteiger partial charge in [0.1, 0.15) is 0 Å². The first-order valence-electron chi connectivity index (χ1n) is 13.2. The van der Waals surface area contributed by atoms with Crippen LogP contribution in [0.25, 0.3) is 0 Å². The van der Waals surface area contributed by atoms with Crippen molar-refractivity contribution in [2.45, 2.75) is 26.4 Å². The molecule has 0 spiro atoms. The van der Waals surface area contributed by atoms with E-state index in [1.54, 1.807) is 6.20 Å². The fourth-order valence-electron chi connectivity index (χ4n) is 5.00. The fourth-order valence-corrected chi connectivity index (χ4v) is 5.00. The number of pyridine rings is 1. The average Bonchev–Trinajstić information content (AvgIpc) is 2.96. The van der Waals surface area contributed by atoms with Gasteiger partial charge in [0.15, 0.2) is 0 Å². The van der Waals surface area contributed by atoms with Gasteiger partial charge in [-0.1, -0.05) is 30.3 Å². The van der Waals surface area contributed by atoms with Gasteiger partial charge >= 0.3 is 6.09 Å². The number of carbonyl (C=O) groups excluding carboxylic acids is 2. The average molecular weight is 516 g/mol. The van der Waals surface area contributed by atoms with E-state index >= 15 is 0 Å². The summed E-state index contributed by atoms with van der Waals surface area (Å²) in [5.41, 5.74) is 4.77. The topological polar surface area (TPSA) is 78.0 Å². The summed E-state index contributed by atoms with van der Waals surface area (Å²) < 4.78 is 4.78. The molecule has 1 aliphatic heterocycles. The van der Waals surface area contributed by atoms with Crippen molar-refractivity contribution >= 4 is 17.7 Å². The second kappa shape index (κ2) is 13.2. The number of carbonyl (C=O) groups is 2. The van der Waals surface area contributed by atoms with Crippen LogP contribution in [-0.4, -0.2) is 78.1 Å². The van der Waals surface area contributed by atoms with E-state index in [9.17, 15) is 9.59 Å². The van der Waals surface area contributed by atoms with Gasteiger partial charge in [0.05, 0.1) is 13.2 Å². The van der Waals surface area contributed by atoms with E-state index < -0.39 is 6.09 Å². The molecule has 1 aromatic heterocycles. The molecule has 0 radical (unpaired) electrons. The monoisotopic (exact) mass is 515 g/mol. The maximum absolute atomic E-state index is 12.9. The Labute approximate surface area is 225 Å². The maximum atomic E-state index is 12.9. The van der Waals surface area contributed by atoms with Gasteiger partial charge in [-0.15, -0.1) is 0 Å². The van der Waals surface area contributed by atoms with Crippen LogP contribution in [0.15, 0.2) is 73.1 Å². The molecule has 8 heteroatoms. The van der Waals surface area contributed by atoms with Crippen molar-refractivity contribution in [1.82, 2.24) is 19.7 Å². The summed E-state index contributed by atoms with van der Waals surface area (Å²) in [6.45, 7) is 9.89. The molecule has 2 aromatic carbocycles. The van der Waals surface area contributed by atoms with Crippen molar-refractivity contribution in [2.24, 2.45) is 0 Å². The number of ether oxygens (including phenoxy) is 1. The molecule has 0 unspecified atom stereocenters. The molecule has 0 bridgehead atoms. The highest BCUT2D eigenvalue weighted by Crippen LogP contribution is 2.32. The van der Waals surface area contributed by atoms with E-state index in [-0.39, 0.29) is 11.9 Å². The van der Waals surface area contributed by atoms with Crippen LogP contribution in [0.5, 0.6) is 0 Å². The molecule has 0 aliphatic carbocycles. The molecule has 4 rings (SSSR count). The zero-order valence-electron chi connectivity index (χ0n) is 22.5. The quantitative estimate of drug-likeness (QED) is 0.447. The summed E-state index contributed by atoms with van der Waals surface area (Å²) in [4.78, 5) is 35.7. The minimum atomic E-state index is -0.498. The Bertz CT molecular complexity index is 1190. The Balaban J connectivity index is 1.58. The first-order valence-corrected chi connectivity index (χ1v) is 13.2. The van der Waals surface area contributed by atoms with E-state index in [1.165, 1.54) is 12.7 Å². The van der Waals surface area contributed by atoms with E-state index in [0.29, 0.717) is 24.3 Å². The van der Waals surface area contributed by atoms with Crippen molar-refractivity contribution in [3.05, 3.63) is 95.3 Å². The molecule has 1 N–H and O–H groups in total. The third kappa shape index (κ3) is 6.76. The summed E-state index contributed by atoms with van der Waals surface area (Å²) in [7, 11) is 1.36. The van der Waals surface area contributed by atoms with Gasteiger partial charge in [-0.05, 0) is 60.9 Å². The van der Waals surface area contributed by atoms with Crippen LogP contribution in [0.1, 0.15) is 46.9 Å². The van der Waals surface area contributed by atoms with Crippen molar-refractivity contribution in [2.75, 3.05) is 51.7 Å². The zero-order chi connectivity index (χ0) is 26.9. The predicted octanol–water partition coefficient (Wildman–Crippen LogP) is 4.65. The SMILES string of the molecule is CCN(CC)C(=O)c1ccc([C@@H](c2cccc(NC(=O)OC)c2)N2CCN(Cc3cccnc3)CC2)cc1. The number of piperazine rings is 1. The number of nitrogens with one attached hydrogen (secondary N) is 1. The summed E-state index contributed by atoms with van der Waals surface area (Å²) in [6.07, 6.45) is 3.23. The van der Waals surface area contributed by atoms with E-state index in [4.69, 9.17) is 4.74 Å². The van der Waals surface area contributed by atoms with Crippen LogP contribution in [-0.2, 0) is 11.3 Å². The minimum Gasteiger partial charge on any atom is -0.453 e. The Kier molecular flexibility index (Phi) is 9.46. The molecule has 2 amide bonds. The van der Waals surface area contributed by atoms with E-state index in [0.717, 1.165) is 43.9 Å². The number of methoxy groups -OCH3 is 1. The molecular formula is C30H37N5O3. The summed E-state index contributed by atoms with van der Waals surface area (Å²) >= 11 is 0. The van der Waals surface area contributed by atoms with Crippen LogP contribution in [0.3, 0.4) is 0 Å². The molecule has 1 fully saturated rings. The Morgan fingerprint density at radius 1 is 0.974 bits per heavy atom. The molecule has 200 valence electrons. The Hall–Kier alpha value is -3.75. The molecule has 38 heavy (non-hydrogen) atoms. The second-order valence-corrected chi connectivity index (χ2v) is 9.42. The minimum absolute atomic E-state index is 0.0208. The Morgan fingerprint density at radius 2 is 1.71 bits per heavy atom. The predicted molar refractivity (Wildman–Crippen MR) is 149 cm³/mol.